The van der Waals surface area contributed by atoms with Crippen molar-refractivity contribution in [3.63, 3.8) is 0 Å². The normalized spacial score (nSPS) is 20.8. The molecular formula is C16H19N7O2S2. The second-order valence-electron chi connectivity index (χ2n) is 6.58. The van der Waals surface area contributed by atoms with Crippen molar-refractivity contribution in [2.45, 2.75) is 32.4 Å². The highest BCUT2D eigenvalue weighted by molar-refractivity contribution is 7.80. The molecule has 4 rings (SSSR count). The summed E-state index contributed by atoms with van der Waals surface area (Å²) >= 11 is 10.5. The smallest absolute Gasteiger partial charge is 0.301 e. The summed E-state index contributed by atoms with van der Waals surface area (Å²) in [6, 6.07) is 5.98. The molecule has 11 heteroatoms. The molecule has 0 spiro atoms. The molecule has 1 fully saturated rings. The van der Waals surface area contributed by atoms with Crippen LogP contribution in [0.1, 0.15) is 23.6 Å². The fourth-order valence-electron chi connectivity index (χ4n) is 3.32. The topological polar surface area (TPSA) is 104 Å². The molecule has 2 aromatic rings. The van der Waals surface area contributed by atoms with Gasteiger partial charge in [-0.05, 0) is 72.0 Å². The van der Waals surface area contributed by atoms with E-state index in [9.17, 15) is 0 Å². The number of aryl methyl sites for hydroxylation is 2. The van der Waals surface area contributed by atoms with Gasteiger partial charge in [-0.3, -0.25) is 10.9 Å². The monoisotopic (exact) mass is 405 g/mol. The third kappa shape index (κ3) is 3.35. The molecule has 3 heterocycles. The second kappa shape index (κ2) is 6.82. The van der Waals surface area contributed by atoms with E-state index in [0.717, 1.165) is 16.8 Å². The summed E-state index contributed by atoms with van der Waals surface area (Å²) in [6.07, 6.45) is 0.376. The number of nitrogens with one attached hydrogen (secondary N) is 2. The van der Waals surface area contributed by atoms with E-state index in [2.05, 4.69) is 27.3 Å². The summed E-state index contributed by atoms with van der Waals surface area (Å²) in [5.74, 6) is 0.438. The molecule has 1 aromatic carbocycles. The molecule has 142 valence electrons. The molecule has 2 bridgehead atoms. The molecule has 0 saturated carbocycles. The number of fused-ring (bicyclic) bond motifs is 2. The Morgan fingerprint density at radius 2 is 2.00 bits per heavy atom. The number of nitrogens with two attached hydrogens (primary N) is 1. The third-order valence-electron chi connectivity index (χ3n) is 4.43. The summed E-state index contributed by atoms with van der Waals surface area (Å²) in [6.45, 7) is 4.49. The maximum Gasteiger partial charge on any atom is 0.301 e. The fourth-order valence-corrected chi connectivity index (χ4v) is 3.68. The Hall–Kier alpha value is -2.66. The van der Waals surface area contributed by atoms with Crippen LogP contribution in [0.5, 0.6) is 0 Å². The molecule has 4 N–H and O–H groups in total. The Morgan fingerprint density at radius 3 is 2.70 bits per heavy atom. The maximum absolute atomic E-state index is 5.84. The standard InChI is InChI=1S/C16H19N7O2S2/c1-8-3-9(2)5-10(4-8)22-16(27)23(21-20-22)12-6-11(18-19-15(17)26)14-24-7-13(12)25-14/h3-5,12-13,18H,6-7H2,1-2H3,(H3,17,19,26). The number of tetrazole rings is 1. The van der Waals surface area contributed by atoms with Crippen LogP contribution in [-0.2, 0) is 9.47 Å². The lowest BCUT2D eigenvalue weighted by Crippen LogP contribution is -2.43. The molecule has 0 radical (unpaired) electrons. The van der Waals surface area contributed by atoms with Crippen LogP contribution < -0.4 is 16.6 Å². The van der Waals surface area contributed by atoms with Gasteiger partial charge < -0.3 is 15.2 Å². The van der Waals surface area contributed by atoms with Crippen LogP contribution in [0.4, 0.5) is 0 Å². The minimum Gasteiger partial charge on any atom is -0.460 e. The van der Waals surface area contributed by atoms with E-state index in [0.29, 0.717) is 29.4 Å². The van der Waals surface area contributed by atoms with Crippen LogP contribution in [-0.4, -0.2) is 37.6 Å². The zero-order chi connectivity index (χ0) is 19.1. The number of nitrogens with zero attached hydrogens (tertiary/aromatic N) is 4. The van der Waals surface area contributed by atoms with Gasteiger partial charge in [0.25, 0.3) is 0 Å². The number of benzene rings is 1. The minimum atomic E-state index is -0.188. The van der Waals surface area contributed by atoms with Gasteiger partial charge in [0.2, 0.25) is 4.77 Å². The molecule has 1 saturated heterocycles. The number of hydrazine groups is 1. The van der Waals surface area contributed by atoms with Crippen LogP contribution in [0.2, 0.25) is 0 Å². The van der Waals surface area contributed by atoms with E-state index in [1.54, 1.807) is 9.36 Å². The Bertz CT molecular complexity index is 977. The summed E-state index contributed by atoms with van der Waals surface area (Å²) in [4.78, 5) is 0. The van der Waals surface area contributed by atoms with Gasteiger partial charge in [-0.15, -0.1) is 0 Å². The molecule has 0 amide bonds. The fraction of sp³-hybridized carbons (Fsp3) is 0.375. The summed E-state index contributed by atoms with van der Waals surface area (Å²) in [5, 5.41) is 8.67. The third-order valence-corrected chi connectivity index (χ3v) is 4.89. The lowest BCUT2D eigenvalue weighted by molar-refractivity contribution is 0.0723. The van der Waals surface area contributed by atoms with Gasteiger partial charge in [-0.25, -0.2) is 4.68 Å². The summed E-state index contributed by atoms with van der Waals surface area (Å²) in [5.41, 5.74) is 14.9. The van der Waals surface area contributed by atoms with Gasteiger partial charge in [0.15, 0.2) is 11.2 Å². The zero-order valence-corrected chi connectivity index (χ0v) is 16.4. The Balaban J connectivity index is 1.65. The van der Waals surface area contributed by atoms with E-state index >= 15 is 0 Å². The van der Waals surface area contributed by atoms with Gasteiger partial charge in [-0.1, -0.05) is 6.07 Å². The largest absolute Gasteiger partial charge is 0.460 e. The molecule has 27 heavy (non-hydrogen) atoms. The van der Waals surface area contributed by atoms with E-state index in [1.807, 2.05) is 26.0 Å². The first-order chi connectivity index (χ1) is 12.9. The van der Waals surface area contributed by atoms with Gasteiger partial charge >= 0.3 is 5.95 Å². The lowest BCUT2D eigenvalue weighted by Gasteiger charge is -2.26. The summed E-state index contributed by atoms with van der Waals surface area (Å²) in [7, 11) is 0. The van der Waals surface area contributed by atoms with E-state index < -0.39 is 0 Å². The molecular weight excluding hydrogens is 386 g/mol. The van der Waals surface area contributed by atoms with Crippen LogP contribution in [0.25, 0.3) is 5.69 Å². The number of aromatic nitrogens is 4. The number of rotatable bonds is 4. The number of allylic oxidation sites excluding steroid dienone is 1. The number of thiocarbonyl (C=S) groups is 1. The van der Waals surface area contributed by atoms with Crippen LogP contribution in [0.15, 0.2) is 29.8 Å². The average molecular weight is 406 g/mol. The van der Waals surface area contributed by atoms with Crippen molar-refractivity contribution in [3.8, 4) is 5.69 Å². The highest BCUT2D eigenvalue weighted by Crippen LogP contribution is 2.36. The highest BCUT2D eigenvalue weighted by Gasteiger charge is 2.41. The highest BCUT2D eigenvalue weighted by atomic mass is 32.1. The molecule has 2 aliphatic heterocycles. The van der Waals surface area contributed by atoms with Crippen molar-refractivity contribution in [1.82, 2.24) is 30.6 Å². The first-order valence-electron chi connectivity index (χ1n) is 8.39. The Morgan fingerprint density at radius 1 is 1.26 bits per heavy atom. The number of hydrogen-bond acceptors (Lipinski definition) is 7. The number of ether oxygens (including phenoxy) is 2. The summed E-state index contributed by atoms with van der Waals surface area (Å²) < 4.78 is 15.3. The van der Waals surface area contributed by atoms with Crippen molar-refractivity contribution in [3.05, 3.63) is 45.7 Å². The molecule has 2 atom stereocenters. The van der Waals surface area contributed by atoms with Gasteiger partial charge in [0, 0.05) is 6.42 Å². The lowest BCUT2D eigenvalue weighted by atomic mass is 10.1. The Labute approximate surface area is 166 Å². The van der Waals surface area contributed by atoms with Crippen molar-refractivity contribution >= 4 is 29.5 Å². The maximum atomic E-state index is 5.84. The van der Waals surface area contributed by atoms with Crippen molar-refractivity contribution in [1.29, 1.82) is 0 Å². The SMILES string of the molecule is Cc1cc(C)cc(-n2nnn(C3CC(NNC(N)=S)=C4OCC3O4)c2=S)c1. The average Bonchev–Trinajstić information content (AvgIpc) is 3.18. The van der Waals surface area contributed by atoms with Gasteiger partial charge in [-0.2, -0.15) is 4.68 Å². The minimum absolute atomic E-state index is 0.122. The van der Waals surface area contributed by atoms with Crippen molar-refractivity contribution in [2.24, 2.45) is 5.73 Å². The van der Waals surface area contributed by atoms with Crippen LogP contribution >= 0.6 is 24.4 Å². The molecule has 1 aromatic heterocycles. The predicted octanol–water partition coefficient (Wildman–Crippen LogP) is 1.28. The van der Waals surface area contributed by atoms with Crippen LogP contribution in [0, 0.1) is 18.6 Å². The van der Waals surface area contributed by atoms with Crippen molar-refractivity contribution in [2.75, 3.05) is 6.61 Å². The second-order valence-corrected chi connectivity index (χ2v) is 7.39. The molecule has 9 nitrogen and oxygen atoms in total. The molecule has 0 aliphatic carbocycles. The van der Waals surface area contributed by atoms with Gasteiger partial charge in [0.1, 0.15) is 18.3 Å². The van der Waals surface area contributed by atoms with E-state index in [-0.39, 0.29) is 17.3 Å². The quantitative estimate of drug-likeness (QED) is 0.512. The van der Waals surface area contributed by atoms with Crippen LogP contribution in [0.3, 0.4) is 0 Å². The van der Waals surface area contributed by atoms with Gasteiger partial charge in [0.05, 0.1) is 5.69 Å². The Kier molecular flexibility index (Phi) is 4.48. The van der Waals surface area contributed by atoms with E-state index in [4.69, 9.17) is 39.6 Å². The number of hydrogen-bond donors (Lipinski definition) is 3. The molecule has 2 aliphatic rings. The first-order valence-corrected chi connectivity index (χ1v) is 9.21. The molecule has 2 unspecified atom stereocenters. The van der Waals surface area contributed by atoms with Crippen molar-refractivity contribution < 1.29 is 9.47 Å². The van der Waals surface area contributed by atoms with E-state index in [1.165, 1.54) is 0 Å². The first kappa shape index (κ1) is 17.7. The predicted molar refractivity (Wildman–Crippen MR) is 104 cm³/mol. The zero-order valence-electron chi connectivity index (χ0n) is 14.8.